The van der Waals surface area contributed by atoms with Crippen LogP contribution in [0.1, 0.15) is 26.5 Å². The molecule has 0 aromatic carbocycles. The molecule has 2 aromatic rings. The van der Waals surface area contributed by atoms with E-state index in [-0.39, 0.29) is 11.3 Å². The summed E-state index contributed by atoms with van der Waals surface area (Å²) in [5.41, 5.74) is 1.55. The van der Waals surface area contributed by atoms with Crippen LogP contribution < -0.4 is 5.32 Å². The SMILES string of the molecule is CC(C)(C)C(=O)NCCc1cn2cc(Br)ccc2n1. The Hall–Kier alpha value is -1.36. The van der Waals surface area contributed by atoms with Gasteiger partial charge in [-0.2, -0.15) is 0 Å². The molecule has 0 bridgehead atoms. The highest BCUT2D eigenvalue weighted by molar-refractivity contribution is 9.10. The van der Waals surface area contributed by atoms with Gasteiger partial charge in [0.15, 0.2) is 0 Å². The summed E-state index contributed by atoms with van der Waals surface area (Å²) in [5.74, 6) is 0.0685. The van der Waals surface area contributed by atoms with E-state index in [4.69, 9.17) is 0 Å². The Balaban J connectivity index is 1.97. The number of aromatic nitrogens is 2. The lowest BCUT2D eigenvalue weighted by Crippen LogP contribution is -2.35. The number of rotatable bonds is 3. The number of carbonyl (C=O) groups is 1. The van der Waals surface area contributed by atoms with Crippen molar-refractivity contribution in [3.05, 3.63) is 34.7 Å². The Bertz CT molecular complexity index is 598. The van der Waals surface area contributed by atoms with Gasteiger partial charge >= 0.3 is 0 Å². The van der Waals surface area contributed by atoms with E-state index in [1.165, 1.54) is 0 Å². The van der Waals surface area contributed by atoms with Crippen molar-refractivity contribution in [3.8, 4) is 0 Å². The second-order valence-corrected chi connectivity index (χ2v) is 6.52. The molecule has 0 aliphatic carbocycles. The lowest BCUT2D eigenvalue weighted by Gasteiger charge is -2.17. The zero-order valence-corrected chi connectivity index (χ0v) is 13.0. The maximum atomic E-state index is 11.7. The van der Waals surface area contributed by atoms with Crippen molar-refractivity contribution in [1.82, 2.24) is 14.7 Å². The second-order valence-electron chi connectivity index (χ2n) is 5.60. The Morgan fingerprint density at radius 3 is 2.79 bits per heavy atom. The molecular weight excluding hydrogens is 306 g/mol. The zero-order valence-electron chi connectivity index (χ0n) is 11.4. The van der Waals surface area contributed by atoms with E-state index in [2.05, 4.69) is 26.2 Å². The smallest absolute Gasteiger partial charge is 0.225 e. The van der Waals surface area contributed by atoms with Crippen LogP contribution in [0.25, 0.3) is 5.65 Å². The summed E-state index contributed by atoms with van der Waals surface area (Å²) >= 11 is 3.43. The quantitative estimate of drug-likeness (QED) is 0.944. The lowest BCUT2D eigenvalue weighted by molar-refractivity contribution is -0.128. The van der Waals surface area contributed by atoms with Crippen LogP contribution in [-0.2, 0) is 11.2 Å². The van der Waals surface area contributed by atoms with Gasteiger partial charge in [-0.25, -0.2) is 4.98 Å². The van der Waals surface area contributed by atoms with E-state index in [0.29, 0.717) is 6.54 Å². The number of hydrogen-bond acceptors (Lipinski definition) is 2. The maximum absolute atomic E-state index is 11.7. The van der Waals surface area contributed by atoms with Crippen LogP contribution in [0.4, 0.5) is 0 Å². The molecule has 19 heavy (non-hydrogen) atoms. The Morgan fingerprint density at radius 1 is 1.37 bits per heavy atom. The van der Waals surface area contributed by atoms with E-state index >= 15 is 0 Å². The van der Waals surface area contributed by atoms with Gasteiger partial charge in [0.05, 0.1) is 5.69 Å². The molecule has 0 spiro atoms. The fourth-order valence-electron chi connectivity index (χ4n) is 1.71. The molecule has 0 aliphatic heterocycles. The second kappa shape index (κ2) is 5.33. The monoisotopic (exact) mass is 323 g/mol. The Kier molecular flexibility index (Phi) is 3.94. The van der Waals surface area contributed by atoms with Crippen LogP contribution in [0.3, 0.4) is 0 Å². The third-order valence-electron chi connectivity index (χ3n) is 2.81. The summed E-state index contributed by atoms with van der Waals surface area (Å²) in [5, 5.41) is 2.93. The van der Waals surface area contributed by atoms with Gasteiger partial charge in [-0.1, -0.05) is 20.8 Å². The molecule has 1 amide bonds. The predicted molar refractivity (Wildman–Crippen MR) is 79.1 cm³/mol. The van der Waals surface area contributed by atoms with Crippen LogP contribution >= 0.6 is 15.9 Å². The summed E-state index contributed by atoms with van der Waals surface area (Å²) in [6.07, 6.45) is 4.70. The van der Waals surface area contributed by atoms with Crippen molar-refractivity contribution in [2.24, 2.45) is 5.41 Å². The van der Waals surface area contributed by atoms with Crippen LogP contribution in [0.15, 0.2) is 29.0 Å². The van der Waals surface area contributed by atoms with Crippen molar-refractivity contribution < 1.29 is 4.79 Å². The number of carbonyl (C=O) groups excluding carboxylic acids is 1. The maximum Gasteiger partial charge on any atom is 0.225 e. The molecular formula is C14H18BrN3O. The molecule has 0 aliphatic rings. The van der Waals surface area contributed by atoms with E-state index in [9.17, 15) is 4.79 Å². The van der Waals surface area contributed by atoms with Crippen LogP contribution in [0.5, 0.6) is 0 Å². The number of fused-ring (bicyclic) bond motifs is 1. The number of amides is 1. The Labute approximate surface area is 121 Å². The van der Waals surface area contributed by atoms with E-state index in [1.807, 2.05) is 49.7 Å². The van der Waals surface area contributed by atoms with Crippen LogP contribution in [0, 0.1) is 5.41 Å². The summed E-state index contributed by atoms with van der Waals surface area (Å²) in [4.78, 5) is 16.2. The van der Waals surface area contributed by atoms with E-state index in [0.717, 1.165) is 22.2 Å². The fourth-order valence-corrected chi connectivity index (χ4v) is 2.06. The third-order valence-corrected chi connectivity index (χ3v) is 3.28. The molecule has 2 heterocycles. The highest BCUT2D eigenvalue weighted by Crippen LogP contribution is 2.14. The molecule has 4 nitrogen and oxygen atoms in total. The molecule has 2 aromatic heterocycles. The molecule has 2 rings (SSSR count). The van der Waals surface area contributed by atoms with Crippen molar-refractivity contribution in [1.29, 1.82) is 0 Å². The number of nitrogens with one attached hydrogen (secondary N) is 1. The van der Waals surface area contributed by atoms with Gasteiger partial charge in [0, 0.05) is 35.2 Å². The van der Waals surface area contributed by atoms with Crippen LogP contribution in [-0.4, -0.2) is 21.8 Å². The van der Waals surface area contributed by atoms with Gasteiger partial charge in [-0.15, -0.1) is 0 Å². The van der Waals surface area contributed by atoms with Crippen molar-refractivity contribution in [3.63, 3.8) is 0 Å². The minimum Gasteiger partial charge on any atom is -0.355 e. The molecule has 0 radical (unpaired) electrons. The highest BCUT2D eigenvalue weighted by atomic mass is 79.9. The molecule has 1 N–H and O–H groups in total. The average molecular weight is 324 g/mol. The van der Waals surface area contributed by atoms with Crippen LogP contribution in [0.2, 0.25) is 0 Å². The third kappa shape index (κ3) is 3.56. The lowest BCUT2D eigenvalue weighted by atomic mass is 9.96. The molecule has 0 atom stereocenters. The summed E-state index contributed by atoms with van der Waals surface area (Å²) in [6, 6.07) is 3.93. The molecule has 102 valence electrons. The van der Waals surface area contributed by atoms with E-state index in [1.54, 1.807) is 0 Å². The first-order chi connectivity index (χ1) is 8.86. The topological polar surface area (TPSA) is 46.4 Å². The van der Waals surface area contributed by atoms with Gasteiger partial charge in [-0.3, -0.25) is 4.79 Å². The van der Waals surface area contributed by atoms with Crippen molar-refractivity contribution in [2.45, 2.75) is 27.2 Å². The number of hydrogen-bond donors (Lipinski definition) is 1. The Morgan fingerprint density at radius 2 is 2.11 bits per heavy atom. The summed E-state index contributed by atoms with van der Waals surface area (Å²) in [7, 11) is 0. The van der Waals surface area contributed by atoms with Gasteiger partial charge in [0.25, 0.3) is 0 Å². The van der Waals surface area contributed by atoms with Gasteiger partial charge in [-0.05, 0) is 28.1 Å². The van der Waals surface area contributed by atoms with E-state index < -0.39 is 0 Å². The van der Waals surface area contributed by atoms with Gasteiger partial charge in [0.1, 0.15) is 5.65 Å². The summed E-state index contributed by atoms with van der Waals surface area (Å²) < 4.78 is 3.00. The molecule has 5 heteroatoms. The number of imidazole rings is 1. The van der Waals surface area contributed by atoms with Crippen molar-refractivity contribution >= 4 is 27.5 Å². The highest BCUT2D eigenvalue weighted by Gasteiger charge is 2.20. The normalized spacial score (nSPS) is 11.8. The fraction of sp³-hybridized carbons (Fsp3) is 0.429. The molecule has 0 fully saturated rings. The first-order valence-electron chi connectivity index (χ1n) is 6.28. The first kappa shape index (κ1) is 14.1. The van der Waals surface area contributed by atoms with Gasteiger partial charge < -0.3 is 9.72 Å². The molecule has 0 saturated heterocycles. The minimum atomic E-state index is -0.343. The molecule has 0 saturated carbocycles. The standard InChI is InChI=1S/C14H18BrN3O/c1-14(2,3)13(19)16-7-6-11-9-18-8-10(15)4-5-12(18)17-11/h4-5,8-9H,6-7H2,1-3H3,(H,16,19). The molecule has 0 unspecified atom stereocenters. The zero-order chi connectivity index (χ0) is 14.0. The average Bonchev–Trinajstić information content (AvgIpc) is 2.69. The largest absolute Gasteiger partial charge is 0.355 e. The number of pyridine rings is 1. The predicted octanol–water partition coefficient (Wildman–Crippen LogP) is 2.80. The van der Waals surface area contributed by atoms with Crippen molar-refractivity contribution in [2.75, 3.05) is 6.54 Å². The number of nitrogens with zero attached hydrogens (tertiary/aromatic N) is 2. The summed E-state index contributed by atoms with van der Waals surface area (Å²) in [6.45, 7) is 6.33. The minimum absolute atomic E-state index is 0.0685. The first-order valence-corrected chi connectivity index (χ1v) is 7.07. The van der Waals surface area contributed by atoms with Gasteiger partial charge in [0.2, 0.25) is 5.91 Å². The number of halogens is 1.